The van der Waals surface area contributed by atoms with E-state index >= 15 is 0 Å². The predicted octanol–water partition coefficient (Wildman–Crippen LogP) is 5.51. The smallest absolute Gasteiger partial charge is 0.270 e. The number of hydrazine groups is 1. The lowest BCUT2D eigenvalue weighted by atomic mass is 9.89. The fourth-order valence-electron chi connectivity index (χ4n) is 3.25. The minimum Gasteiger partial charge on any atom is -0.380 e. The minimum absolute atomic E-state index is 0.288. The Kier molecular flexibility index (Phi) is 12.2. The van der Waals surface area contributed by atoms with Crippen LogP contribution in [0.2, 0.25) is 0 Å². The Labute approximate surface area is 184 Å². The van der Waals surface area contributed by atoms with E-state index in [1.54, 1.807) is 19.1 Å². The number of hydrogen-bond acceptors (Lipinski definition) is 3. The molecule has 29 heavy (non-hydrogen) atoms. The van der Waals surface area contributed by atoms with Crippen LogP contribution in [0.1, 0.15) is 85.0 Å². The minimum atomic E-state index is -1.47. The molecule has 1 rings (SSSR count). The van der Waals surface area contributed by atoms with E-state index < -0.39 is 16.3 Å². The van der Waals surface area contributed by atoms with Crippen molar-refractivity contribution in [1.82, 2.24) is 5.43 Å². The fraction of sp³-hybridized carbons (Fsp3) is 0.652. The molecule has 0 saturated heterocycles. The summed E-state index contributed by atoms with van der Waals surface area (Å²) in [6.07, 6.45) is 8.74. The number of aliphatic hydroxyl groups is 1. The van der Waals surface area contributed by atoms with Gasteiger partial charge in [-0.1, -0.05) is 99.3 Å². The van der Waals surface area contributed by atoms with Crippen LogP contribution >= 0.6 is 15.9 Å². The number of carbonyl (C=O) groups excluding carboxylic acids is 2. The van der Waals surface area contributed by atoms with Gasteiger partial charge in [0.15, 0.2) is 0 Å². The molecule has 1 aromatic carbocycles. The van der Waals surface area contributed by atoms with Crippen molar-refractivity contribution in [1.29, 1.82) is 0 Å². The van der Waals surface area contributed by atoms with Crippen molar-refractivity contribution < 1.29 is 14.7 Å². The normalized spacial score (nSPS) is 12.4. The van der Waals surface area contributed by atoms with E-state index in [1.165, 1.54) is 5.01 Å². The molecule has 0 radical (unpaired) electrons. The molecule has 2 N–H and O–H groups in total. The molecule has 0 unspecified atom stereocenters. The molecular weight excluding hydrogens is 432 g/mol. The maximum absolute atomic E-state index is 13.1. The third-order valence-corrected chi connectivity index (χ3v) is 5.49. The number of amides is 2. The molecule has 0 aromatic heterocycles. The molecule has 1 atom stereocenters. The average molecular weight is 469 g/mol. The van der Waals surface area contributed by atoms with Crippen LogP contribution in [-0.2, 0) is 9.59 Å². The van der Waals surface area contributed by atoms with Crippen LogP contribution in [0.3, 0.4) is 0 Å². The van der Waals surface area contributed by atoms with Crippen molar-refractivity contribution >= 4 is 33.4 Å². The van der Waals surface area contributed by atoms with E-state index in [-0.39, 0.29) is 5.91 Å². The average Bonchev–Trinajstić information content (AvgIpc) is 2.72. The number of nitrogens with zero attached hydrogens (tertiary/aromatic N) is 1. The summed E-state index contributed by atoms with van der Waals surface area (Å²) in [7, 11) is 0. The van der Waals surface area contributed by atoms with Crippen LogP contribution in [-0.4, -0.2) is 27.3 Å². The van der Waals surface area contributed by atoms with Gasteiger partial charge in [0, 0.05) is 0 Å². The van der Waals surface area contributed by atoms with Crippen LogP contribution in [0.4, 0.5) is 5.69 Å². The van der Waals surface area contributed by atoms with Gasteiger partial charge in [0.25, 0.3) is 11.8 Å². The first-order chi connectivity index (χ1) is 13.9. The number of rotatable bonds is 13. The summed E-state index contributed by atoms with van der Waals surface area (Å²) in [6, 6.07) is 8.98. The fourth-order valence-corrected chi connectivity index (χ4v) is 3.45. The number of unbranched alkanes of at least 4 members (excludes halogenated alkanes) is 6. The maximum atomic E-state index is 13.1. The van der Waals surface area contributed by atoms with E-state index in [2.05, 4.69) is 35.2 Å². The summed E-state index contributed by atoms with van der Waals surface area (Å²) in [5, 5.41) is 12.5. The number of carbonyl (C=O) groups is 2. The Morgan fingerprint density at radius 3 is 1.97 bits per heavy atom. The number of para-hydroxylation sites is 1. The Morgan fingerprint density at radius 2 is 1.52 bits per heavy atom. The van der Waals surface area contributed by atoms with E-state index in [4.69, 9.17) is 0 Å². The Bertz CT molecular complexity index is 595. The molecule has 0 aliphatic heterocycles. The zero-order valence-electron chi connectivity index (χ0n) is 18.1. The molecular formula is C23H37BrN2O3. The molecule has 164 valence electrons. The molecule has 2 amide bonds. The van der Waals surface area contributed by atoms with Crippen molar-refractivity contribution in [3.63, 3.8) is 0 Å². The highest BCUT2D eigenvalue weighted by Gasteiger charge is 2.37. The first kappa shape index (κ1) is 25.6. The number of alkyl halides is 1. The quantitative estimate of drug-likeness (QED) is 0.228. The number of halogens is 1. The topological polar surface area (TPSA) is 69.6 Å². The van der Waals surface area contributed by atoms with Gasteiger partial charge in [0.2, 0.25) is 0 Å². The second-order valence-corrected chi connectivity index (χ2v) is 9.09. The Morgan fingerprint density at radius 1 is 1.00 bits per heavy atom. The molecule has 6 heteroatoms. The summed E-state index contributed by atoms with van der Waals surface area (Å²) < 4.78 is 0. The summed E-state index contributed by atoms with van der Waals surface area (Å²) in [5.74, 6) is -0.792. The largest absolute Gasteiger partial charge is 0.380 e. The lowest BCUT2D eigenvalue weighted by Crippen LogP contribution is -2.56. The molecule has 0 spiro atoms. The predicted molar refractivity (Wildman–Crippen MR) is 123 cm³/mol. The van der Waals surface area contributed by atoms with Crippen molar-refractivity contribution in [2.45, 2.75) is 95.4 Å². The molecule has 5 nitrogen and oxygen atoms in total. The van der Waals surface area contributed by atoms with Crippen LogP contribution < -0.4 is 10.4 Å². The first-order valence-corrected chi connectivity index (χ1v) is 11.8. The van der Waals surface area contributed by atoms with Crippen LogP contribution in [0.25, 0.3) is 0 Å². The second kappa shape index (κ2) is 13.8. The molecule has 0 aliphatic rings. The van der Waals surface area contributed by atoms with Crippen LogP contribution in [0.15, 0.2) is 30.3 Å². The van der Waals surface area contributed by atoms with E-state index in [9.17, 15) is 14.7 Å². The van der Waals surface area contributed by atoms with Gasteiger partial charge in [-0.05, 0) is 31.9 Å². The molecule has 1 aromatic rings. The standard InChI is InChI=1S/C23H37BrN2O3/c1-4-6-8-13-17-23(29,18-14-9-7-5-2)22(28)25-26(21(27)19(3)24)20-15-11-10-12-16-20/h10-12,15-16,19,29H,4-9,13-14,17-18H2,1-3H3,(H,25,28)/t19-/m1/s1. The van der Waals surface area contributed by atoms with Gasteiger partial charge >= 0.3 is 0 Å². The highest BCUT2D eigenvalue weighted by molar-refractivity contribution is 9.10. The summed E-state index contributed by atoms with van der Waals surface area (Å²) >= 11 is 3.29. The zero-order chi connectivity index (χ0) is 21.7. The number of nitrogens with one attached hydrogen (secondary N) is 1. The third-order valence-electron chi connectivity index (χ3n) is 5.10. The lowest BCUT2D eigenvalue weighted by molar-refractivity contribution is -0.143. The number of hydrogen-bond donors (Lipinski definition) is 2. The van der Waals surface area contributed by atoms with Crippen molar-refractivity contribution in [2.24, 2.45) is 0 Å². The Hall–Kier alpha value is -1.40. The van der Waals surface area contributed by atoms with Gasteiger partial charge in [-0.25, -0.2) is 5.01 Å². The summed E-state index contributed by atoms with van der Waals surface area (Å²) in [5.41, 5.74) is 1.80. The summed E-state index contributed by atoms with van der Waals surface area (Å²) in [6.45, 7) is 5.98. The number of benzene rings is 1. The van der Waals surface area contributed by atoms with E-state index in [1.807, 2.05) is 18.2 Å². The molecule has 0 saturated carbocycles. The maximum Gasteiger partial charge on any atom is 0.270 e. The number of anilines is 1. The van der Waals surface area contributed by atoms with Gasteiger partial charge in [-0.15, -0.1) is 0 Å². The van der Waals surface area contributed by atoms with Gasteiger partial charge in [0.05, 0.1) is 10.5 Å². The highest BCUT2D eigenvalue weighted by atomic mass is 79.9. The van der Waals surface area contributed by atoms with Gasteiger partial charge in [-0.2, -0.15) is 0 Å². The van der Waals surface area contributed by atoms with Gasteiger partial charge in [-0.3, -0.25) is 15.0 Å². The van der Waals surface area contributed by atoms with Crippen LogP contribution in [0.5, 0.6) is 0 Å². The molecule has 0 aliphatic carbocycles. The highest BCUT2D eigenvalue weighted by Crippen LogP contribution is 2.25. The third kappa shape index (κ3) is 8.87. The monoisotopic (exact) mass is 468 g/mol. The van der Waals surface area contributed by atoms with Crippen molar-refractivity contribution in [3.8, 4) is 0 Å². The lowest BCUT2D eigenvalue weighted by Gasteiger charge is -2.32. The summed E-state index contributed by atoms with van der Waals surface area (Å²) in [4.78, 5) is 25.4. The van der Waals surface area contributed by atoms with Crippen molar-refractivity contribution in [2.75, 3.05) is 5.01 Å². The first-order valence-electron chi connectivity index (χ1n) is 10.9. The zero-order valence-corrected chi connectivity index (χ0v) is 19.7. The molecule has 0 bridgehead atoms. The SMILES string of the molecule is CCCCCCC(O)(CCCCCC)C(=O)NN(C(=O)[C@@H](C)Br)c1ccccc1. The van der Waals surface area contributed by atoms with Crippen LogP contribution in [0, 0.1) is 0 Å². The Balaban J connectivity index is 2.95. The van der Waals surface area contributed by atoms with Gasteiger partial charge in [0.1, 0.15) is 5.60 Å². The molecule has 0 heterocycles. The van der Waals surface area contributed by atoms with Crippen molar-refractivity contribution in [3.05, 3.63) is 30.3 Å². The van der Waals surface area contributed by atoms with Gasteiger partial charge < -0.3 is 5.11 Å². The second-order valence-electron chi connectivity index (χ2n) is 7.72. The van der Waals surface area contributed by atoms with E-state index in [0.717, 1.165) is 51.4 Å². The van der Waals surface area contributed by atoms with E-state index in [0.29, 0.717) is 18.5 Å². The molecule has 0 fully saturated rings.